The van der Waals surface area contributed by atoms with Gasteiger partial charge in [-0.25, -0.2) is 4.98 Å². The van der Waals surface area contributed by atoms with Crippen molar-refractivity contribution in [2.75, 3.05) is 30.9 Å². The molecule has 9 nitrogen and oxygen atoms in total. The van der Waals surface area contributed by atoms with Gasteiger partial charge < -0.3 is 20.2 Å². The molecule has 1 unspecified atom stereocenters. The van der Waals surface area contributed by atoms with Crippen molar-refractivity contribution in [1.82, 2.24) is 25.1 Å². The Hall–Kier alpha value is -2.94. The normalized spacial score (nSPS) is 20.8. The first-order valence-corrected chi connectivity index (χ1v) is 11.1. The Balaban J connectivity index is 1.45. The average molecular weight is 424 g/mol. The molecule has 2 aliphatic carbocycles. The molecule has 3 N–H and O–H groups in total. The number of nitrogens with zero attached hydrogens (tertiary/aromatic N) is 5. The van der Waals surface area contributed by atoms with Gasteiger partial charge in [0.25, 0.3) is 5.91 Å². The number of amides is 1. The molecule has 1 saturated carbocycles. The number of aromatic amines is 1. The first-order chi connectivity index (χ1) is 15.0. The van der Waals surface area contributed by atoms with Crippen LogP contribution in [-0.2, 0) is 17.6 Å². The summed E-state index contributed by atoms with van der Waals surface area (Å²) < 4.78 is 0. The molecule has 0 bridgehead atoms. The highest BCUT2D eigenvalue weighted by Crippen LogP contribution is 2.35. The molecule has 1 fully saturated rings. The zero-order valence-corrected chi connectivity index (χ0v) is 18.1. The van der Waals surface area contributed by atoms with Gasteiger partial charge in [-0.05, 0) is 38.2 Å². The fourth-order valence-corrected chi connectivity index (χ4v) is 4.83. The second kappa shape index (κ2) is 7.96. The van der Waals surface area contributed by atoms with Gasteiger partial charge in [-0.15, -0.1) is 0 Å². The van der Waals surface area contributed by atoms with Gasteiger partial charge in [0.2, 0.25) is 5.95 Å². The van der Waals surface area contributed by atoms with Crippen LogP contribution < -0.4 is 10.2 Å². The maximum absolute atomic E-state index is 12.6. The van der Waals surface area contributed by atoms with Gasteiger partial charge in [-0.2, -0.15) is 10.1 Å². The smallest absolute Gasteiger partial charge is 0.269 e. The molecule has 9 heteroatoms. The number of aliphatic hydroxyl groups excluding tert-OH is 1. The maximum atomic E-state index is 12.6. The Morgan fingerprint density at radius 2 is 2.03 bits per heavy atom. The quantitative estimate of drug-likeness (QED) is 0.676. The van der Waals surface area contributed by atoms with Crippen molar-refractivity contribution < 1.29 is 9.90 Å². The summed E-state index contributed by atoms with van der Waals surface area (Å²) >= 11 is 0. The average Bonchev–Trinajstić information content (AvgIpc) is 3.52. The molecule has 0 saturated heterocycles. The largest absolute Gasteiger partial charge is 0.387 e. The predicted octanol–water partition coefficient (Wildman–Crippen LogP) is 2.24. The third kappa shape index (κ3) is 3.78. The second-order valence-corrected chi connectivity index (χ2v) is 8.90. The summed E-state index contributed by atoms with van der Waals surface area (Å²) in [6, 6.07) is 2.08. The third-order valence-corrected chi connectivity index (χ3v) is 6.44. The van der Waals surface area contributed by atoms with Crippen LogP contribution in [0.1, 0.15) is 55.0 Å². The van der Waals surface area contributed by atoms with E-state index in [1.54, 1.807) is 25.1 Å². The van der Waals surface area contributed by atoms with E-state index in [4.69, 9.17) is 9.97 Å². The Kier molecular flexibility index (Phi) is 5.13. The summed E-state index contributed by atoms with van der Waals surface area (Å²) in [5.74, 6) is 2.31. The lowest BCUT2D eigenvalue weighted by atomic mass is 10.0. The minimum atomic E-state index is -0.729. The number of fused-ring (bicyclic) bond motifs is 1. The molecule has 0 aromatic carbocycles. The fraction of sp³-hybridized carbons (Fsp3) is 0.545. The molecule has 1 atom stereocenters. The standard InChI is InChI=1S/C22H29N7O2/c1-28(2)21(31)18-10-14(30)12-29(18)22-23-16-9-5-8-15(16)20(25-22)24-19-11-17(26-27-19)13-6-3-4-7-13/h10-11,13-14,30H,3-9,12H2,1-2H3,(H2,23,24,25,26,27). The van der Waals surface area contributed by atoms with Crippen LogP contribution in [0.4, 0.5) is 17.6 Å². The zero-order chi connectivity index (χ0) is 21.5. The van der Waals surface area contributed by atoms with Crippen molar-refractivity contribution in [2.45, 2.75) is 57.0 Å². The number of hydrogen-bond acceptors (Lipinski definition) is 7. The number of β-amino-alcohol motifs (C(OH)–C–C–N with tert-alkyl or cyclic N) is 1. The SMILES string of the molecule is CN(C)C(=O)C1=CC(O)CN1c1nc2c(c(Nc3cc(C4CCCC4)[nH]n3)n1)CCC2. The van der Waals surface area contributed by atoms with E-state index in [2.05, 4.69) is 21.6 Å². The van der Waals surface area contributed by atoms with Crippen LogP contribution in [0.25, 0.3) is 0 Å². The van der Waals surface area contributed by atoms with E-state index < -0.39 is 6.10 Å². The summed E-state index contributed by atoms with van der Waals surface area (Å²) in [5.41, 5.74) is 3.69. The highest BCUT2D eigenvalue weighted by atomic mass is 16.3. The molecule has 3 aliphatic rings. The lowest BCUT2D eigenvalue weighted by Gasteiger charge is -2.23. The first-order valence-electron chi connectivity index (χ1n) is 11.1. The Morgan fingerprint density at radius 3 is 2.81 bits per heavy atom. The van der Waals surface area contributed by atoms with Crippen LogP contribution in [0.15, 0.2) is 17.8 Å². The molecule has 1 aliphatic heterocycles. The first kappa shape index (κ1) is 20.0. The minimum absolute atomic E-state index is 0.177. The molecule has 2 aromatic rings. The number of anilines is 3. The molecular formula is C22H29N7O2. The van der Waals surface area contributed by atoms with Gasteiger partial charge >= 0.3 is 0 Å². The van der Waals surface area contributed by atoms with E-state index in [1.165, 1.54) is 36.3 Å². The lowest BCUT2D eigenvalue weighted by Crippen LogP contribution is -2.34. The summed E-state index contributed by atoms with van der Waals surface area (Å²) in [5, 5.41) is 21.2. The number of rotatable bonds is 5. The van der Waals surface area contributed by atoms with Gasteiger partial charge in [0.1, 0.15) is 11.5 Å². The van der Waals surface area contributed by atoms with Crippen LogP contribution >= 0.6 is 0 Å². The number of nitrogens with one attached hydrogen (secondary N) is 2. The van der Waals surface area contributed by atoms with Crippen LogP contribution in [0.5, 0.6) is 0 Å². The van der Waals surface area contributed by atoms with Crippen molar-refractivity contribution in [3.05, 3.63) is 34.8 Å². The summed E-state index contributed by atoms with van der Waals surface area (Å²) in [7, 11) is 3.39. The lowest BCUT2D eigenvalue weighted by molar-refractivity contribution is -0.124. The van der Waals surface area contributed by atoms with Gasteiger partial charge in [-0.1, -0.05) is 12.8 Å². The summed E-state index contributed by atoms with van der Waals surface area (Å²) in [4.78, 5) is 25.4. The van der Waals surface area contributed by atoms with E-state index >= 15 is 0 Å². The monoisotopic (exact) mass is 423 g/mol. The van der Waals surface area contributed by atoms with Crippen molar-refractivity contribution in [1.29, 1.82) is 0 Å². The second-order valence-electron chi connectivity index (χ2n) is 8.90. The van der Waals surface area contributed by atoms with Gasteiger partial charge in [0, 0.05) is 37.3 Å². The Bertz CT molecular complexity index is 1020. The summed E-state index contributed by atoms with van der Waals surface area (Å²) in [6.45, 7) is 0.265. The maximum Gasteiger partial charge on any atom is 0.269 e. The number of likely N-dealkylation sites (N-methyl/N-ethyl adjacent to an activating group) is 1. The van der Waals surface area contributed by atoms with Gasteiger partial charge in [0.05, 0.1) is 18.3 Å². The van der Waals surface area contributed by atoms with Crippen molar-refractivity contribution in [3.8, 4) is 0 Å². The van der Waals surface area contributed by atoms with Crippen molar-refractivity contribution in [3.63, 3.8) is 0 Å². The van der Waals surface area contributed by atoms with Gasteiger partial charge in [-0.3, -0.25) is 9.89 Å². The van der Waals surface area contributed by atoms with E-state index in [-0.39, 0.29) is 12.5 Å². The molecule has 3 heterocycles. The van der Waals surface area contributed by atoms with E-state index in [1.807, 2.05) is 0 Å². The van der Waals surface area contributed by atoms with E-state index in [0.717, 1.165) is 42.2 Å². The third-order valence-electron chi connectivity index (χ3n) is 6.44. The van der Waals surface area contributed by atoms with Gasteiger partial charge in [0.15, 0.2) is 5.82 Å². The number of aromatic nitrogens is 4. The predicted molar refractivity (Wildman–Crippen MR) is 117 cm³/mol. The molecule has 31 heavy (non-hydrogen) atoms. The molecule has 0 radical (unpaired) electrons. The number of hydrogen-bond donors (Lipinski definition) is 3. The molecule has 164 valence electrons. The topological polar surface area (TPSA) is 110 Å². The number of aliphatic hydroxyl groups is 1. The molecular weight excluding hydrogens is 394 g/mol. The highest BCUT2D eigenvalue weighted by molar-refractivity contribution is 5.97. The fourth-order valence-electron chi connectivity index (χ4n) is 4.83. The summed E-state index contributed by atoms with van der Waals surface area (Å²) in [6.07, 6.45) is 8.64. The molecule has 1 amide bonds. The molecule has 5 rings (SSSR count). The molecule has 0 spiro atoms. The Labute approximate surface area is 181 Å². The Morgan fingerprint density at radius 1 is 1.23 bits per heavy atom. The number of aryl methyl sites for hydroxylation is 1. The molecule has 2 aromatic heterocycles. The van der Waals surface area contributed by atoms with Crippen LogP contribution in [0, 0.1) is 0 Å². The van der Waals surface area contributed by atoms with E-state index in [9.17, 15) is 9.90 Å². The number of carbonyl (C=O) groups excluding carboxylic acids is 1. The minimum Gasteiger partial charge on any atom is -0.387 e. The highest BCUT2D eigenvalue weighted by Gasteiger charge is 2.32. The number of carbonyl (C=O) groups is 1. The van der Waals surface area contributed by atoms with Crippen LogP contribution in [0.2, 0.25) is 0 Å². The van der Waals surface area contributed by atoms with Crippen molar-refractivity contribution in [2.24, 2.45) is 0 Å². The van der Waals surface area contributed by atoms with Crippen molar-refractivity contribution >= 4 is 23.5 Å². The van der Waals surface area contributed by atoms with E-state index in [0.29, 0.717) is 17.6 Å². The number of H-pyrrole nitrogens is 1. The zero-order valence-electron chi connectivity index (χ0n) is 18.1. The van der Waals surface area contributed by atoms with Crippen LogP contribution in [-0.4, -0.2) is 62.8 Å². The van der Waals surface area contributed by atoms with Crippen LogP contribution in [0.3, 0.4) is 0 Å².